The lowest BCUT2D eigenvalue weighted by Crippen LogP contribution is -1.97. The fourth-order valence-corrected chi connectivity index (χ4v) is 8.33. The highest BCUT2D eigenvalue weighted by atomic mass is 32.1. The number of aromatic nitrogens is 3. The molecule has 0 saturated heterocycles. The molecular formula is C44H27N3S. The third-order valence-electron chi connectivity index (χ3n) is 9.41. The van der Waals surface area contributed by atoms with Crippen molar-refractivity contribution in [3.63, 3.8) is 0 Å². The highest BCUT2D eigenvalue weighted by Gasteiger charge is 2.20. The number of fused-ring (bicyclic) bond motifs is 9. The van der Waals surface area contributed by atoms with Gasteiger partial charge in [-0.1, -0.05) is 109 Å². The molecule has 10 aromatic rings. The van der Waals surface area contributed by atoms with E-state index in [0.29, 0.717) is 5.82 Å². The average Bonchev–Trinajstić information content (AvgIpc) is 3.71. The monoisotopic (exact) mass is 629 g/mol. The molecule has 48 heavy (non-hydrogen) atoms. The number of thiophene rings is 1. The molecule has 0 saturated carbocycles. The third-order valence-corrected chi connectivity index (χ3v) is 10.5. The van der Waals surface area contributed by atoms with Gasteiger partial charge in [-0.15, -0.1) is 11.3 Å². The minimum atomic E-state index is 0.710. The topological polar surface area (TPSA) is 30.7 Å². The van der Waals surface area contributed by atoms with Crippen LogP contribution in [-0.4, -0.2) is 14.5 Å². The van der Waals surface area contributed by atoms with Gasteiger partial charge in [0.2, 0.25) is 0 Å². The van der Waals surface area contributed by atoms with Crippen LogP contribution in [0, 0.1) is 0 Å². The maximum atomic E-state index is 5.07. The Morgan fingerprint density at radius 1 is 0.417 bits per heavy atom. The molecule has 10 rings (SSSR count). The normalized spacial score (nSPS) is 11.8. The Morgan fingerprint density at radius 2 is 1.02 bits per heavy atom. The van der Waals surface area contributed by atoms with Crippen LogP contribution in [0.1, 0.15) is 0 Å². The van der Waals surface area contributed by atoms with Gasteiger partial charge in [-0.3, -0.25) is 0 Å². The highest BCUT2D eigenvalue weighted by Crippen LogP contribution is 2.45. The van der Waals surface area contributed by atoms with E-state index < -0.39 is 0 Å². The van der Waals surface area contributed by atoms with Crippen molar-refractivity contribution in [1.29, 1.82) is 0 Å². The molecule has 0 amide bonds. The summed E-state index contributed by atoms with van der Waals surface area (Å²) in [4.78, 5) is 10.1. The SMILES string of the molecule is c1ccc(-c2cc(-c3ccccc3)nc(-c3ccc(-n4c5ccc6ccccc6c5c5c6c(ccc54)sc4ccccc46)cc3)n2)cc1. The van der Waals surface area contributed by atoms with E-state index in [0.717, 1.165) is 33.8 Å². The zero-order valence-electron chi connectivity index (χ0n) is 25.8. The molecule has 0 spiro atoms. The molecule has 3 nitrogen and oxygen atoms in total. The Labute approximate surface area is 281 Å². The summed E-state index contributed by atoms with van der Waals surface area (Å²) in [6.07, 6.45) is 0. The molecule has 0 aliphatic heterocycles. The fourth-order valence-electron chi connectivity index (χ4n) is 7.21. The number of benzene rings is 7. The summed E-state index contributed by atoms with van der Waals surface area (Å²) >= 11 is 1.87. The Morgan fingerprint density at radius 3 is 1.75 bits per heavy atom. The molecule has 224 valence electrons. The average molecular weight is 630 g/mol. The smallest absolute Gasteiger partial charge is 0.160 e. The molecule has 0 fully saturated rings. The maximum Gasteiger partial charge on any atom is 0.160 e. The molecule has 0 radical (unpaired) electrons. The predicted octanol–water partition coefficient (Wildman–Crippen LogP) is 12.1. The van der Waals surface area contributed by atoms with Gasteiger partial charge in [-0.05, 0) is 65.4 Å². The van der Waals surface area contributed by atoms with Crippen molar-refractivity contribution in [2.24, 2.45) is 0 Å². The van der Waals surface area contributed by atoms with Crippen LogP contribution in [0.4, 0.5) is 0 Å². The van der Waals surface area contributed by atoms with Crippen LogP contribution in [0.25, 0.3) is 92.3 Å². The second kappa shape index (κ2) is 10.7. The van der Waals surface area contributed by atoms with Crippen LogP contribution < -0.4 is 0 Å². The number of rotatable bonds is 4. The maximum absolute atomic E-state index is 5.07. The third kappa shape index (κ3) is 4.20. The quantitative estimate of drug-likeness (QED) is 0.194. The molecule has 0 unspecified atom stereocenters. The van der Waals surface area contributed by atoms with Crippen molar-refractivity contribution in [2.45, 2.75) is 0 Å². The van der Waals surface area contributed by atoms with Gasteiger partial charge in [0, 0.05) is 53.3 Å². The first-order valence-corrected chi connectivity index (χ1v) is 17.0. The van der Waals surface area contributed by atoms with Crippen molar-refractivity contribution >= 4 is 64.1 Å². The standard InChI is InChI=1S/C44H27N3S/c1-3-12-29(13-4-1)35-27-36(30-14-5-2-6-15-30)46-44(45-35)31-19-22-32(23-20-31)47-37-24-21-28-11-7-8-16-33(28)41(37)43-38(47)25-26-40-42(43)34-17-9-10-18-39(34)48-40/h1-27H. The van der Waals surface area contributed by atoms with E-state index >= 15 is 0 Å². The summed E-state index contributed by atoms with van der Waals surface area (Å²) in [7, 11) is 0. The molecular weight excluding hydrogens is 603 g/mol. The van der Waals surface area contributed by atoms with Gasteiger partial charge < -0.3 is 4.57 Å². The van der Waals surface area contributed by atoms with E-state index in [1.54, 1.807) is 0 Å². The van der Waals surface area contributed by atoms with Gasteiger partial charge in [-0.2, -0.15) is 0 Å². The Bertz CT molecular complexity index is 2760. The molecule has 0 bridgehead atoms. The Kier molecular flexibility index (Phi) is 6.05. The van der Waals surface area contributed by atoms with Crippen molar-refractivity contribution in [3.8, 4) is 39.6 Å². The van der Waals surface area contributed by atoms with Gasteiger partial charge in [0.25, 0.3) is 0 Å². The molecule has 3 heterocycles. The summed E-state index contributed by atoms with van der Waals surface area (Å²) in [6.45, 7) is 0. The minimum Gasteiger partial charge on any atom is -0.309 e. The summed E-state index contributed by atoms with van der Waals surface area (Å²) in [5.41, 5.74) is 8.45. The van der Waals surface area contributed by atoms with Crippen molar-refractivity contribution in [2.75, 3.05) is 0 Å². The number of hydrogen-bond donors (Lipinski definition) is 0. The van der Waals surface area contributed by atoms with Crippen molar-refractivity contribution in [3.05, 3.63) is 164 Å². The predicted molar refractivity (Wildman–Crippen MR) is 203 cm³/mol. The zero-order chi connectivity index (χ0) is 31.6. The number of hydrogen-bond acceptors (Lipinski definition) is 3. The molecule has 4 heteroatoms. The van der Waals surface area contributed by atoms with Gasteiger partial charge >= 0.3 is 0 Å². The first-order valence-electron chi connectivity index (χ1n) is 16.2. The van der Waals surface area contributed by atoms with E-state index in [2.05, 4.69) is 156 Å². The fraction of sp³-hybridized carbons (Fsp3) is 0. The van der Waals surface area contributed by atoms with E-state index in [-0.39, 0.29) is 0 Å². The Balaban J connectivity index is 1.20. The number of nitrogens with zero attached hydrogens (tertiary/aromatic N) is 3. The van der Waals surface area contributed by atoms with Crippen LogP contribution in [0.2, 0.25) is 0 Å². The molecule has 7 aromatic carbocycles. The second-order valence-corrected chi connectivity index (χ2v) is 13.3. The largest absolute Gasteiger partial charge is 0.309 e. The summed E-state index contributed by atoms with van der Waals surface area (Å²) in [6, 6.07) is 58.2. The molecule has 0 atom stereocenters. The van der Waals surface area contributed by atoms with Crippen LogP contribution in [0.15, 0.2) is 164 Å². The molecule has 3 aromatic heterocycles. The van der Waals surface area contributed by atoms with Gasteiger partial charge in [0.15, 0.2) is 5.82 Å². The van der Waals surface area contributed by atoms with E-state index in [1.807, 2.05) is 23.5 Å². The van der Waals surface area contributed by atoms with Crippen molar-refractivity contribution in [1.82, 2.24) is 14.5 Å². The molecule has 0 aliphatic rings. The lowest BCUT2D eigenvalue weighted by atomic mass is 10.0. The van der Waals surface area contributed by atoms with Crippen LogP contribution >= 0.6 is 11.3 Å². The van der Waals surface area contributed by atoms with Crippen LogP contribution in [-0.2, 0) is 0 Å². The highest BCUT2D eigenvalue weighted by molar-refractivity contribution is 7.26. The van der Waals surface area contributed by atoms with Gasteiger partial charge in [0.1, 0.15) is 0 Å². The zero-order valence-corrected chi connectivity index (χ0v) is 26.7. The summed E-state index contributed by atoms with van der Waals surface area (Å²) in [5, 5.41) is 7.79. The molecule has 0 aliphatic carbocycles. The summed E-state index contributed by atoms with van der Waals surface area (Å²) < 4.78 is 5.05. The first-order chi connectivity index (χ1) is 23.8. The second-order valence-electron chi connectivity index (χ2n) is 12.2. The Hall–Kier alpha value is -6.10. The van der Waals surface area contributed by atoms with E-state index in [4.69, 9.17) is 9.97 Å². The lowest BCUT2D eigenvalue weighted by Gasteiger charge is -2.11. The van der Waals surface area contributed by atoms with E-state index in [1.165, 1.54) is 52.8 Å². The van der Waals surface area contributed by atoms with Crippen LogP contribution in [0.3, 0.4) is 0 Å². The molecule has 0 N–H and O–H groups in total. The summed E-state index contributed by atoms with van der Waals surface area (Å²) in [5.74, 6) is 0.710. The van der Waals surface area contributed by atoms with Gasteiger partial charge in [-0.25, -0.2) is 9.97 Å². The van der Waals surface area contributed by atoms with Crippen LogP contribution in [0.5, 0.6) is 0 Å². The van der Waals surface area contributed by atoms with E-state index in [9.17, 15) is 0 Å². The minimum absolute atomic E-state index is 0.710. The van der Waals surface area contributed by atoms with Crippen molar-refractivity contribution < 1.29 is 0 Å². The lowest BCUT2D eigenvalue weighted by molar-refractivity contribution is 1.16. The van der Waals surface area contributed by atoms with Gasteiger partial charge in [0.05, 0.1) is 22.4 Å². The first kappa shape index (κ1) is 27.1.